The van der Waals surface area contributed by atoms with Crippen LogP contribution in [-0.4, -0.2) is 63.7 Å². The summed E-state index contributed by atoms with van der Waals surface area (Å²) in [7, 11) is -3.56. The molecule has 3 atom stereocenters. The van der Waals surface area contributed by atoms with Crippen molar-refractivity contribution in [3.05, 3.63) is 29.8 Å². The fourth-order valence-corrected chi connectivity index (χ4v) is 4.43. The highest BCUT2D eigenvalue weighted by molar-refractivity contribution is 7.89. The van der Waals surface area contributed by atoms with Crippen LogP contribution in [-0.2, 0) is 14.8 Å². The van der Waals surface area contributed by atoms with Gasteiger partial charge < -0.3 is 10.1 Å². The third kappa shape index (κ3) is 6.57. The summed E-state index contributed by atoms with van der Waals surface area (Å²) in [5.41, 5.74) is 0.446. The minimum atomic E-state index is -3.56. The number of hydrogen-bond donors (Lipinski definition) is 2. The predicted molar refractivity (Wildman–Crippen MR) is 105 cm³/mol. The molecule has 0 radical (unpaired) electrons. The summed E-state index contributed by atoms with van der Waals surface area (Å²) < 4.78 is 32.8. The number of sulfonamides is 1. The Labute approximate surface area is 162 Å². The van der Waals surface area contributed by atoms with Crippen LogP contribution in [0.4, 0.5) is 0 Å². The van der Waals surface area contributed by atoms with E-state index in [1.165, 1.54) is 12.1 Å². The molecule has 1 amide bonds. The standard InChI is InChI=1S/C19H31N3O4S/c1-5-14(2)21-27(24,25)18-8-6-17(7-9-18)19(23)20-10-11-22-12-15(3)26-16(4)13-22/h6-9,14-16,21H,5,10-13H2,1-4H3,(H,20,23). The van der Waals surface area contributed by atoms with Gasteiger partial charge in [-0.15, -0.1) is 0 Å². The average molecular weight is 398 g/mol. The smallest absolute Gasteiger partial charge is 0.251 e. The summed E-state index contributed by atoms with van der Waals surface area (Å²) in [6.45, 7) is 10.8. The molecule has 1 aromatic carbocycles. The van der Waals surface area contributed by atoms with Crippen LogP contribution in [0.3, 0.4) is 0 Å². The Kier molecular flexibility index (Phi) is 7.79. The van der Waals surface area contributed by atoms with Crippen LogP contribution in [0.2, 0.25) is 0 Å². The van der Waals surface area contributed by atoms with Gasteiger partial charge in [-0.1, -0.05) is 6.92 Å². The summed E-state index contributed by atoms with van der Waals surface area (Å²) >= 11 is 0. The van der Waals surface area contributed by atoms with Crippen molar-refractivity contribution < 1.29 is 17.9 Å². The molecule has 27 heavy (non-hydrogen) atoms. The number of hydrogen-bond acceptors (Lipinski definition) is 5. The molecule has 1 saturated heterocycles. The van der Waals surface area contributed by atoms with Crippen molar-refractivity contribution in [2.24, 2.45) is 0 Å². The van der Waals surface area contributed by atoms with Crippen LogP contribution in [0.1, 0.15) is 44.5 Å². The Morgan fingerprint density at radius 2 is 1.81 bits per heavy atom. The zero-order valence-corrected chi connectivity index (χ0v) is 17.4. The fourth-order valence-electron chi connectivity index (χ4n) is 3.10. The molecule has 0 spiro atoms. The lowest BCUT2D eigenvalue weighted by atomic mass is 10.2. The maximum atomic E-state index is 12.3. The molecule has 0 saturated carbocycles. The minimum Gasteiger partial charge on any atom is -0.373 e. The predicted octanol–water partition coefficient (Wildman–Crippen LogP) is 1.60. The van der Waals surface area contributed by atoms with Crippen molar-refractivity contribution in [2.45, 2.75) is 57.3 Å². The molecule has 0 aliphatic carbocycles. The van der Waals surface area contributed by atoms with Gasteiger partial charge in [-0.05, 0) is 51.5 Å². The second kappa shape index (κ2) is 9.64. The Morgan fingerprint density at radius 1 is 1.22 bits per heavy atom. The number of ether oxygens (including phenoxy) is 1. The first-order valence-electron chi connectivity index (χ1n) is 9.49. The zero-order chi connectivity index (χ0) is 20.0. The molecule has 1 heterocycles. The third-order valence-electron chi connectivity index (χ3n) is 4.60. The van der Waals surface area contributed by atoms with Crippen molar-refractivity contribution in [3.63, 3.8) is 0 Å². The van der Waals surface area contributed by atoms with Gasteiger partial charge in [0.2, 0.25) is 10.0 Å². The van der Waals surface area contributed by atoms with Gasteiger partial charge in [0.1, 0.15) is 0 Å². The van der Waals surface area contributed by atoms with E-state index in [4.69, 9.17) is 4.74 Å². The summed E-state index contributed by atoms with van der Waals surface area (Å²) in [6.07, 6.45) is 1.10. The van der Waals surface area contributed by atoms with E-state index < -0.39 is 10.0 Å². The summed E-state index contributed by atoms with van der Waals surface area (Å²) in [4.78, 5) is 14.7. The lowest BCUT2D eigenvalue weighted by Crippen LogP contribution is -2.47. The van der Waals surface area contributed by atoms with Crippen LogP contribution in [0.5, 0.6) is 0 Å². The molecular weight excluding hydrogens is 366 g/mol. The molecule has 1 aliphatic rings. The third-order valence-corrected chi connectivity index (χ3v) is 6.21. The second-order valence-corrected chi connectivity index (χ2v) is 8.94. The summed E-state index contributed by atoms with van der Waals surface area (Å²) in [5.74, 6) is -0.205. The number of carbonyl (C=O) groups is 1. The first-order valence-corrected chi connectivity index (χ1v) is 11.0. The van der Waals surface area contributed by atoms with E-state index in [2.05, 4.69) is 14.9 Å². The van der Waals surface area contributed by atoms with Gasteiger partial charge in [-0.2, -0.15) is 0 Å². The molecule has 1 aromatic rings. The van der Waals surface area contributed by atoms with E-state index in [1.54, 1.807) is 12.1 Å². The van der Waals surface area contributed by atoms with E-state index in [9.17, 15) is 13.2 Å². The maximum absolute atomic E-state index is 12.3. The van der Waals surface area contributed by atoms with E-state index in [-0.39, 0.29) is 29.1 Å². The number of amides is 1. The topological polar surface area (TPSA) is 87.7 Å². The SMILES string of the molecule is CCC(C)NS(=O)(=O)c1ccc(C(=O)NCCN2CC(C)OC(C)C2)cc1. The van der Waals surface area contributed by atoms with Crippen LogP contribution < -0.4 is 10.0 Å². The minimum absolute atomic E-state index is 0.136. The van der Waals surface area contributed by atoms with Crippen molar-refractivity contribution in [1.29, 1.82) is 0 Å². The van der Waals surface area contributed by atoms with Gasteiger partial charge in [0.15, 0.2) is 0 Å². The number of rotatable bonds is 8. The number of benzene rings is 1. The van der Waals surface area contributed by atoms with Crippen molar-refractivity contribution in [3.8, 4) is 0 Å². The van der Waals surface area contributed by atoms with Gasteiger partial charge in [0.25, 0.3) is 5.91 Å². The number of nitrogens with one attached hydrogen (secondary N) is 2. The molecule has 1 fully saturated rings. The van der Waals surface area contributed by atoms with E-state index in [0.29, 0.717) is 18.5 Å². The molecule has 0 bridgehead atoms. The highest BCUT2D eigenvalue weighted by atomic mass is 32.2. The molecular formula is C19H31N3O4S. The fraction of sp³-hybridized carbons (Fsp3) is 0.632. The van der Waals surface area contributed by atoms with Crippen molar-refractivity contribution in [2.75, 3.05) is 26.2 Å². The normalized spacial score (nSPS) is 22.4. The van der Waals surface area contributed by atoms with Gasteiger partial charge in [0, 0.05) is 37.8 Å². The molecule has 2 rings (SSSR count). The van der Waals surface area contributed by atoms with E-state index >= 15 is 0 Å². The number of carbonyl (C=O) groups excluding carboxylic acids is 1. The molecule has 1 aliphatic heterocycles. The Morgan fingerprint density at radius 3 is 2.37 bits per heavy atom. The second-order valence-electron chi connectivity index (χ2n) is 7.23. The lowest BCUT2D eigenvalue weighted by molar-refractivity contribution is -0.0672. The van der Waals surface area contributed by atoms with Crippen LogP contribution in [0.15, 0.2) is 29.2 Å². The highest BCUT2D eigenvalue weighted by Gasteiger charge is 2.22. The van der Waals surface area contributed by atoms with Gasteiger partial charge >= 0.3 is 0 Å². The van der Waals surface area contributed by atoms with Gasteiger partial charge in [0.05, 0.1) is 17.1 Å². The van der Waals surface area contributed by atoms with Gasteiger partial charge in [-0.3, -0.25) is 9.69 Å². The van der Waals surface area contributed by atoms with Crippen LogP contribution in [0.25, 0.3) is 0 Å². The van der Waals surface area contributed by atoms with E-state index in [0.717, 1.165) is 19.6 Å². The quantitative estimate of drug-likeness (QED) is 0.696. The van der Waals surface area contributed by atoms with Crippen molar-refractivity contribution >= 4 is 15.9 Å². The highest BCUT2D eigenvalue weighted by Crippen LogP contribution is 2.12. The van der Waals surface area contributed by atoms with Crippen molar-refractivity contribution in [1.82, 2.24) is 14.9 Å². The molecule has 7 nitrogen and oxygen atoms in total. The van der Waals surface area contributed by atoms with Gasteiger partial charge in [-0.25, -0.2) is 13.1 Å². The largest absolute Gasteiger partial charge is 0.373 e. The molecule has 2 N–H and O–H groups in total. The monoisotopic (exact) mass is 397 g/mol. The molecule has 152 valence electrons. The first kappa shape index (κ1) is 21.8. The van der Waals surface area contributed by atoms with E-state index in [1.807, 2.05) is 27.7 Å². The Bertz CT molecular complexity index is 711. The molecule has 8 heteroatoms. The first-order chi connectivity index (χ1) is 12.7. The zero-order valence-electron chi connectivity index (χ0n) is 16.6. The average Bonchev–Trinajstić information content (AvgIpc) is 2.60. The number of morpholine rings is 1. The van der Waals surface area contributed by atoms with Crippen LogP contribution in [0, 0.1) is 0 Å². The lowest BCUT2D eigenvalue weighted by Gasteiger charge is -2.35. The summed E-state index contributed by atoms with van der Waals surface area (Å²) in [6, 6.07) is 5.87. The number of nitrogens with zero attached hydrogens (tertiary/aromatic N) is 1. The molecule has 0 aromatic heterocycles. The van der Waals surface area contributed by atoms with Crippen LogP contribution >= 0.6 is 0 Å². The molecule has 3 unspecified atom stereocenters. The maximum Gasteiger partial charge on any atom is 0.251 e. The Hall–Kier alpha value is -1.48. The Balaban J connectivity index is 1.86. The summed E-state index contributed by atoms with van der Waals surface area (Å²) in [5, 5.41) is 2.89.